The predicted octanol–water partition coefficient (Wildman–Crippen LogP) is 8.85. The molecule has 4 aliphatic rings. The lowest BCUT2D eigenvalue weighted by molar-refractivity contribution is -0.162. The predicted molar refractivity (Wildman–Crippen MR) is 324 cm³/mol. The van der Waals surface area contributed by atoms with E-state index in [1.165, 1.54) is 54.8 Å². The Hall–Kier alpha value is -6.66. The van der Waals surface area contributed by atoms with E-state index in [0.717, 1.165) is 55.0 Å². The molecule has 2 saturated heterocycles. The number of aryl methyl sites for hydroxylation is 1. The second kappa shape index (κ2) is 31.3. The summed E-state index contributed by atoms with van der Waals surface area (Å²) in [7, 11) is 8.94. The summed E-state index contributed by atoms with van der Waals surface area (Å²) in [5, 5.41) is 17.1. The number of allylic oxidation sites excluding steroid dienone is 4. The van der Waals surface area contributed by atoms with Crippen molar-refractivity contribution in [1.82, 2.24) is 25.3 Å². The monoisotopic (exact) mass is 1240 g/mol. The molecular weight excluding hydrogens is 1150 g/mol. The van der Waals surface area contributed by atoms with Crippen molar-refractivity contribution < 1.29 is 76.6 Å². The van der Waals surface area contributed by atoms with Gasteiger partial charge in [-0.2, -0.15) is 0 Å². The number of nitrogens with zero attached hydrogens (tertiary/aromatic N) is 4. The molecule has 86 heavy (non-hydrogen) atoms. The molecular formula is C62H85ClN6O16S. The largest absolute Gasteiger partial charge is 0.495 e. The van der Waals surface area contributed by atoms with Gasteiger partial charge in [-0.25, -0.2) is 19.2 Å². The van der Waals surface area contributed by atoms with Crippen LogP contribution < -0.4 is 25.0 Å². The number of rotatable bonds is 19. The summed E-state index contributed by atoms with van der Waals surface area (Å²) in [5.41, 5.74) is 0.0140. The van der Waals surface area contributed by atoms with Gasteiger partial charge in [-0.1, -0.05) is 92.1 Å². The number of fused-ring (bicyclic) bond motifs is 5. The molecule has 9 atom stereocenters. The molecule has 6 rings (SSSR count). The Labute approximate surface area is 513 Å². The van der Waals surface area contributed by atoms with Gasteiger partial charge in [0.2, 0.25) is 11.8 Å². The molecule has 1 unspecified atom stereocenters. The van der Waals surface area contributed by atoms with Crippen LogP contribution in [0.4, 0.5) is 24.9 Å². The number of alkyl carbamates (subject to hydrolysis) is 1. The van der Waals surface area contributed by atoms with Crippen LogP contribution in [0.25, 0.3) is 0 Å². The smallest absolute Gasteiger partial charge is 0.413 e. The lowest BCUT2D eigenvalue weighted by Crippen LogP contribution is -2.63. The van der Waals surface area contributed by atoms with Gasteiger partial charge in [-0.15, -0.1) is 0 Å². The quantitative estimate of drug-likeness (QED) is 0.0513. The maximum Gasteiger partial charge on any atom is 0.413 e. The molecule has 472 valence electrons. The Morgan fingerprint density at radius 1 is 1.00 bits per heavy atom. The Morgan fingerprint density at radius 2 is 1.74 bits per heavy atom. The fraction of sp³-hybridized carbons (Fsp3) is 0.581. The fourth-order valence-corrected chi connectivity index (χ4v) is 11.6. The Bertz CT molecular complexity index is 2890. The molecule has 2 aromatic carbocycles. The number of anilines is 1. The van der Waals surface area contributed by atoms with Crippen molar-refractivity contribution >= 4 is 76.1 Å². The summed E-state index contributed by atoms with van der Waals surface area (Å²) in [4.78, 5) is 112. The van der Waals surface area contributed by atoms with Crippen LogP contribution in [0.2, 0.25) is 5.02 Å². The number of halogens is 1. The first kappa shape index (κ1) is 68.5. The number of esters is 1. The van der Waals surface area contributed by atoms with E-state index in [1.807, 2.05) is 19.1 Å². The molecule has 0 saturated carbocycles. The second-order valence-electron chi connectivity index (χ2n) is 22.7. The van der Waals surface area contributed by atoms with Gasteiger partial charge in [0, 0.05) is 85.7 Å². The molecule has 1 aliphatic carbocycles. The molecule has 2 fully saturated rings. The number of carbonyl (C=O) groups excluding carboxylic acids is 8. The number of carbonyl (C=O) groups is 8. The van der Waals surface area contributed by atoms with Crippen molar-refractivity contribution in [1.29, 1.82) is 0 Å². The molecule has 3 heterocycles. The first-order valence-corrected chi connectivity index (χ1v) is 30.6. The number of hydrogen-bond acceptors (Lipinski definition) is 17. The number of hydrogen-bond donors (Lipinski definition) is 3. The molecule has 0 radical (unpaired) electrons. The minimum atomic E-state index is -1.89. The average Bonchev–Trinajstić information content (AvgIpc) is 1.62. The third-order valence-corrected chi connectivity index (χ3v) is 17.6. The van der Waals surface area contributed by atoms with E-state index >= 15 is 0 Å². The minimum absolute atomic E-state index is 0.0535. The highest BCUT2D eigenvalue weighted by Crippen LogP contribution is 2.49. The summed E-state index contributed by atoms with van der Waals surface area (Å²) < 4.78 is 40.8. The van der Waals surface area contributed by atoms with Gasteiger partial charge in [0.15, 0.2) is 5.72 Å². The summed E-state index contributed by atoms with van der Waals surface area (Å²) in [6.45, 7) is 8.75. The molecule has 0 aromatic heterocycles. The summed E-state index contributed by atoms with van der Waals surface area (Å²) in [5.74, 6) is -1.68. The van der Waals surface area contributed by atoms with E-state index in [2.05, 4.69) is 16.7 Å². The van der Waals surface area contributed by atoms with E-state index in [4.69, 9.17) is 44.8 Å². The van der Waals surface area contributed by atoms with Crippen molar-refractivity contribution in [3.8, 4) is 11.5 Å². The van der Waals surface area contributed by atoms with Crippen molar-refractivity contribution in [3.05, 3.63) is 88.0 Å². The van der Waals surface area contributed by atoms with Crippen molar-refractivity contribution in [2.75, 3.05) is 66.2 Å². The average molecular weight is 1240 g/mol. The number of aliphatic hydroxyl groups is 1. The Morgan fingerprint density at radius 3 is 2.47 bits per heavy atom. The minimum Gasteiger partial charge on any atom is -0.495 e. The van der Waals surface area contributed by atoms with Crippen LogP contribution in [0.3, 0.4) is 0 Å². The van der Waals surface area contributed by atoms with Gasteiger partial charge in [0.05, 0.1) is 31.4 Å². The van der Waals surface area contributed by atoms with Crippen LogP contribution in [0, 0.1) is 5.92 Å². The topological polar surface area (TPSA) is 262 Å². The van der Waals surface area contributed by atoms with Crippen LogP contribution >= 0.6 is 23.4 Å². The van der Waals surface area contributed by atoms with Crippen LogP contribution in [0.5, 0.6) is 11.5 Å². The highest BCUT2D eigenvalue weighted by Gasteiger charge is 2.64. The van der Waals surface area contributed by atoms with E-state index < -0.39 is 90.2 Å². The number of ketones is 1. The maximum atomic E-state index is 14.4. The zero-order chi connectivity index (χ0) is 63.0. The van der Waals surface area contributed by atoms with E-state index in [9.17, 15) is 43.5 Å². The molecule has 2 aromatic rings. The van der Waals surface area contributed by atoms with Gasteiger partial charge in [-0.3, -0.25) is 24.5 Å². The van der Waals surface area contributed by atoms with Gasteiger partial charge in [0.25, 0.3) is 5.24 Å². The molecule has 0 spiro atoms. The zero-order valence-electron chi connectivity index (χ0n) is 51.3. The van der Waals surface area contributed by atoms with Gasteiger partial charge < -0.3 is 63.2 Å². The molecule has 4 bridgehead atoms. The van der Waals surface area contributed by atoms with Crippen LogP contribution in [0.15, 0.2) is 66.3 Å². The zero-order valence-corrected chi connectivity index (χ0v) is 52.8. The molecule has 24 heteroatoms. The number of nitrogens with one attached hydrogen (secondary N) is 2. The third-order valence-electron chi connectivity index (χ3n) is 16.3. The Kier molecular flexibility index (Phi) is 24.9. The second-order valence-corrected chi connectivity index (χ2v) is 24.1. The molecule has 3 aliphatic heterocycles. The normalized spacial score (nSPS) is 25.8. The first-order valence-electron chi connectivity index (χ1n) is 29.2. The standard InChI is InChI=1S/C62H85ClN6O16S/c1-12-45(70)25-24-43-32-41(23-26-47(43)82-57(74)64-44-20-16-14-13-15-17-21-44)37-81-59(76)66(6)28-29-67(7)60(77)86-30-27-52(71)68(8)40(4)56(73)84-51-35-53(72)69(9)46-33-42(34-48(79-10)54(46)63)31-38(2)19-18-22-50(80-11)62(78)36-49(83-58(75)65-62)39(3)55-61(51,5)85-55/h16,18-20,22-23,26,32-34,39-40,44,49-51,55,78H,12-15,17,21,24-25,27-31,35-37H2,1-11H3,(H,64,74)(H,65,75)/b20-16+,22-18+,38-19+/t39-,40+,44?,49+,50-,51+,55+,61+,62+/m1/s1. The summed E-state index contributed by atoms with van der Waals surface area (Å²) in [6, 6.07) is 7.29. The number of methoxy groups -OCH3 is 2. The van der Waals surface area contributed by atoms with Crippen LogP contribution in [0.1, 0.15) is 116 Å². The fourth-order valence-electron chi connectivity index (χ4n) is 10.5. The van der Waals surface area contributed by atoms with E-state index in [1.54, 1.807) is 77.4 Å². The SMILES string of the molecule is CCC(=O)CCc1cc(COC(=O)N(C)CCN(C)C(=O)SCCC(=O)N(C)[C@@H](C)C(=O)O[C@H]2CC(=O)N(C)c3cc(cc(OC)c3Cl)C/C(C)=C/C=C/[C@@H](OC)[C@@]3(O)C[C@H](OC(=O)N3)[C@@H](C)[C@@H]3O[C@@]23C)ccc1OC(=O)NC1/C=C/CCCCC1. The van der Waals surface area contributed by atoms with Crippen molar-refractivity contribution in [2.24, 2.45) is 5.92 Å². The molecule has 22 nitrogen and oxygen atoms in total. The lowest BCUT2D eigenvalue weighted by Gasteiger charge is -2.42. The number of likely N-dealkylation sites (N-methyl/N-ethyl adjacent to an activating group) is 3. The van der Waals surface area contributed by atoms with Crippen LogP contribution in [-0.4, -0.2) is 176 Å². The van der Waals surface area contributed by atoms with Gasteiger partial charge in [0.1, 0.15) is 58.9 Å². The van der Waals surface area contributed by atoms with E-state index in [-0.39, 0.29) is 66.8 Å². The highest BCUT2D eigenvalue weighted by molar-refractivity contribution is 8.13. The van der Waals surface area contributed by atoms with Gasteiger partial charge >= 0.3 is 24.2 Å². The van der Waals surface area contributed by atoms with Crippen molar-refractivity contribution in [2.45, 2.75) is 166 Å². The number of amides is 6. The third kappa shape index (κ3) is 18.4. The van der Waals surface area contributed by atoms with Gasteiger partial charge in [-0.05, 0) is 93.8 Å². The number of thioether (sulfide) groups is 1. The summed E-state index contributed by atoms with van der Waals surface area (Å²) in [6.07, 6.45) is 8.90. The highest BCUT2D eigenvalue weighted by atomic mass is 35.5. The lowest BCUT2D eigenvalue weighted by atomic mass is 9.83. The number of benzene rings is 2. The van der Waals surface area contributed by atoms with Crippen molar-refractivity contribution in [3.63, 3.8) is 0 Å². The van der Waals surface area contributed by atoms with Crippen LogP contribution in [-0.2, 0) is 62.3 Å². The first-order chi connectivity index (χ1) is 40.8. The maximum absolute atomic E-state index is 14.4. The number of epoxide rings is 1. The number of ether oxygens (including phenoxy) is 7. The molecule has 3 N–H and O–H groups in total. The van der Waals surface area contributed by atoms with E-state index in [0.29, 0.717) is 47.6 Å². The molecule has 6 amide bonds. The Balaban J connectivity index is 1.03. The summed E-state index contributed by atoms with van der Waals surface area (Å²) >= 11 is 7.72. The number of Topliss-reactive ketones (excluding diaryl/α,β-unsaturated/α-hetero) is 1.